The molecule has 0 aliphatic heterocycles. The average Bonchev–Trinajstić information content (AvgIpc) is 2.44. The Bertz CT molecular complexity index is 535. The van der Waals surface area contributed by atoms with Crippen LogP contribution in [-0.4, -0.2) is 34.9 Å². The number of halogens is 2. The number of hydrogen-bond acceptors (Lipinski definition) is 3. The summed E-state index contributed by atoms with van der Waals surface area (Å²) in [6.07, 6.45) is 0.206. The molecule has 1 rings (SSSR count). The Balaban J connectivity index is 2.96. The molecule has 116 valence electrons. The van der Waals surface area contributed by atoms with E-state index in [9.17, 15) is 9.18 Å². The van der Waals surface area contributed by atoms with Crippen molar-refractivity contribution in [3.63, 3.8) is 0 Å². The average molecular weight is 316 g/mol. The number of hydrogen-bond donors (Lipinski definition) is 2. The van der Waals surface area contributed by atoms with Gasteiger partial charge in [-0.2, -0.15) is 0 Å². The molecule has 1 amide bonds. The summed E-state index contributed by atoms with van der Waals surface area (Å²) < 4.78 is 13.9. The molecule has 0 radical (unpaired) electrons. The molecule has 0 unspecified atom stereocenters. The van der Waals surface area contributed by atoms with E-state index in [0.29, 0.717) is 6.54 Å². The van der Waals surface area contributed by atoms with Crippen LogP contribution in [0.3, 0.4) is 0 Å². The van der Waals surface area contributed by atoms with Crippen LogP contribution in [0, 0.1) is 11.7 Å². The van der Waals surface area contributed by atoms with Crippen molar-refractivity contribution in [2.75, 3.05) is 13.1 Å². The lowest BCUT2D eigenvalue weighted by atomic mass is 10.1. The van der Waals surface area contributed by atoms with Gasteiger partial charge in [0.15, 0.2) is 5.82 Å². The maximum atomic E-state index is 13.9. The molecule has 7 heteroatoms. The van der Waals surface area contributed by atoms with E-state index < -0.39 is 11.7 Å². The molecule has 0 aliphatic rings. The maximum absolute atomic E-state index is 13.9. The van der Waals surface area contributed by atoms with Crippen LogP contribution in [0.25, 0.3) is 0 Å². The molecule has 0 aliphatic carbocycles. The third-order valence-electron chi connectivity index (χ3n) is 2.82. The van der Waals surface area contributed by atoms with Crippen LogP contribution in [0.2, 0.25) is 5.02 Å². The Labute approximate surface area is 128 Å². The van der Waals surface area contributed by atoms with Gasteiger partial charge in [0.05, 0.1) is 10.6 Å². The van der Waals surface area contributed by atoms with Gasteiger partial charge >= 0.3 is 0 Å². The van der Waals surface area contributed by atoms with Gasteiger partial charge in [-0.05, 0) is 18.1 Å². The first kappa shape index (κ1) is 17.2. The highest BCUT2D eigenvalue weighted by atomic mass is 35.5. The quantitative estimate of drug-likeness (QED) is 0.366. The third-order valence-corrected chi connectivity index (χ3v) is 3.11. The van der Waals surface area contributed by atoms with Crippen LogP contribution in [0.15, 0.2) is 23.4 Å². The van der Waals surface area contributed by atoms with E-state index in [0.717, 1.165) is 0 Å². The largest absolute Gasteiger partial charge is 0.409 e. The van der Waals surface area contributed by atoms with Crippen molar-refractivity contribution >= 4 is 23.3 Å². The van der Waals surface area contributed by atoms with E-state index in [1.807, 2.05) is 13.8 Å². The van der Waals surface area contributed by atoms with Gasteiger partial charge in [-0.3, -0.25) is 4.79 Å². The molecule has 1 aromatic rings. The summed E-state index contributed by atoms with van der Waals surface area (Å²) in [4.78, 5) is 13.9. The highest BCUT2D eigenvalue weighted by molar-refractivity contribution is 6.31. The summed E-state index contributed by atoms with van der Waals surface area (Å²) in [6, 6.07) is 4.30. The van der Waals surface area contributed by atoms with E-state index >= 15 is 0 Å². The Morgan fingerprint density at radius 1 is 1.52 bits per heavy atom. The Kier molecular flexibility index (Phi) is 6.42. The molecule has 0 bridgehead atoms. The normalized spacial score (nSPS) is 11.8. The van der Waals surface area contributed by atoms with Gasteiger partial charge in [0, 0.05) is 19.5 Å². The van der Waals surface area contributed by atoms with Crippen molar-refractivity contribution < 1.29 is 14.4 Å². The SMILES string of the molecule is CC(C)CN(CC/C(N)=N/O)C(=O)c1cccc(Cl)c1F. The fourth-order valence-electron chi connectivity index (χ4n) is 1.86. The van der Waals surface area contributed by atoms with E-state index in [2.05, 4.69) is 5.16 Å². The first-order chi connectivity index (χ1) is 9.86. The van der Waals surface area contributed by atoms with Crippen LogP contribution in [0.5, 0.6) is 0 Å². The summed E-state index contributed by atoms with van der Waals surface area (Å²) in [6.45, 7) is 4.55. The smallest absolute Gasteiger partial charge is 0.256 e. The van der Waals surface area contributed by atoms with Gasteiger partial charge in [-0.25, -0.2) is 4.39 Å². The van der Waals surface area contributed by atoms with E-state index in [1.165, 1.54) is 23.1 Å². The molecule has 0 aromatic heterocycles. The standard InChI is InChI=1S/C14H19ClFN3O2/c1-9(2)8-19(7-6-12(17)18-21)14(20)10-4-3-5-11(15)13(10)16/h3-5,9,21H,6-8H2,1-2H3,(H2,17,18). The van der Waals surface area contributed by atoms with Crippen LogP contribution >= 0.6 is 11.6 Å². The summed E-state index contributed by atoms with van der Waals surface area (Å²) in [5, 5.41) is 11.3. The van der Waals surface area contributed by atoms with Crippen LogP contribution in [0.4, 0.5) is 4.39 Å². The van der Waals surface area contributed by atoms with Gasteiger partial charge < -0.3 is 15.8 Å². The summed E-state index contributed by atoms with van der Waals surface area (Å²) in [5.74, 6) is -0.984. The first-order valence-corrected chi connectivity index (χ1v) is 6.94. The van der Waals surface area contributed by atoms with Gasteiger partial charge in [-0.15, -0.1) is 0 Å². The monoisotopic (exact) mass is 315 g/mol. The zero-order valence-corrected chi connectivity index (χ0v) is 12.8. The number of nitrogens with zero attached hydrogens (tertiary/aromatic N) is 2. The third kappa shape index (κ3) is 4.90. The van der Waals surface area contributed by atoms with Crippen molar-refractivity contribution in [1.29, 1.82) is 0 Å². The summed E-state index contributed by atoms with van der Waals surface area (Å²) >= 11 is 5.70. The molecule has 0 saturated heterocycles. The molecule has 3 N–H and O–H groups in total. The Morgan fingerprint density at radius 3 is 2.76 bits per heavy atom. The second kappa shape index (κ2) is 7.83. The highest BCUT2D eigenvalue weighted by Gasteiger charge is 2.21. The fraction of sp³-hybridized carbons (Fsp3) is 0.429. The number of rotatable bonds is 6. The molecule has 0 saturated carbocycles. The van der Waals surface area contributed by atoms with Gasteiger partial charge in [0.25, 0.3) is 5.91 Å². The van der Waals surface area contributed by atoms with Crippen molar-refractivity contribution in [3.8, 4) is 0 Å². The first-order valence-electron chi connectivity index (χ1n) is 6.56. The van der Waals surface area contributed by atoms with Crippen LogP contribution in [0.1, 0.15) is 30.6 Å². The van der Waals surface area contributed by atoms with E-state index in [4.69, 9.17) is 22.5 Å². The summed E-state index contributed by atoms with van der Waals surface area (Å²) in [5.41, 5.74) is 5.33. The molecule has 0 atom stereocenters. The molecule has 5 nitrogen and oxygen atoms in total. The second-order valence-corrected chi connectivity index (χ2v) is 5.49. The number of nitrogens with two attached hydrogens (primary N) is 1. The Hall–Kier alpha value is -1.82. The molecule has 1 aromatic carbocycles. The number of amidine groups is 1. The fourth-order valence-corrected chi connectivity index (χ4v) is 2.03. The van der Waals surface area contributed by atoms with Crippen molar-refractivity contribution in [2.24, 2.45) is 16.8 Å². The van der Waals surface area contributed by atoms with Gasteiger partial charge in [0.1, 0.15) is 5.84 Å². The molecule has 0 spiro atoms. The van der Waals surface area contributed by atoms with E-state index in [1.54, 1.807) is 0 Å². The molecular weight excluding hydrogens is 297 g/mol. The van der Waals surface area contributed by atoms with E-state index in [-0.39, 0.29) is 35.3 Å². The number of carbonyl (C=O) groups is 1. The van der Waals surface area contributed by atoms with Crippen LogP contribution < -0.4 is 5.73 Å². The Morgan fingerprint density at radius 2 is 2.19 bits per heavy atom. The number of benzene rings is 1. The zero-order chi connectivity index (χ0) is 16.0. The lowest BCUT2D eigenvalue weighted by Gasteiger charge is -2.24. The lowest BCUT2D eigenvalue weighted by molar-refractivity contribution is 0.0736. The zero-order valence-electron chi connectivity index (χ0n) is 12.0. The minimum absolute atomic E-state index is 0.0168. The predicted molar refractivity (Wildman–Crippen MR) is 80.2 cm³/mol. The van der Waals surface area contributed by atoms with Crippen molar-refractivity contribution in [2.45, 2.75) is 20.3 Å². The number of amides is 1. The van der Waals surface area contributed by atoms with Crippen LogP contribution in [-0.2, 0) is 0 Å². The van der Waals surface area contributed by atoms with Gasteiger partial charge in [-0.1, -0.05) is 36.7 Å². The highest BCUT2D eigenvalue weighted by Crippen LogP contribution is 2.20. The number of carbonyl (C=O) groups excluding carboxylic acids is 1. The minimum Gasteiger partial charge on any atom is -0.409 e. The summed E-state index contributed by atoms with van der Waals surface area (Å²) in [7, 11) is 0. The maximum Gasteiger partial charge on any atom is 0.256 e. The minimum atomic E-state index is -0.735. The molecular formula is C14H19ClFN3O2. The van der Waals surface area contributed by atoms with Gasteiger partial charge in [0.2, 0.25) is 0 Å². The predicted octanol–water partition coefficient (Wildman–Crippen LogP) is 2.71. The van der Waals surface area contributed by atoms with Crippen molar-refractivity contribution in [1.82, 2.24) is 4.90 Å². The van der Waals surface area contributed by atoms with Crippen molar-refractivity contribution in [3.05, 3.63) is 34.6 Å². The lowest BCUT2D eigenvalue weighted by Crippen LogP contribution is -2.37. The molecule has 0 heterocycles. The topological polar surface area (TPSA) is 78.9 Å². The number of oxime groups is 1. The molecule has 0 fully saturated rings. The second-order valence-electron chi connectivity index (χ2n) is 5.09. The molecule has 21 heavy (non-hydrogen) atoms.